The highest BCUT2D eigenvalue weighted by molar-refractivity contribution is 6.62. The summed E-state index contributed by atoms with van der Waals surface area (Å²) < 4.78 is 140. The Balaban J connectivity index is 0.000000154. The minimum Gasteiger partial charge on any atom is -0.435 e. The molecule has 0 atom stereocenters. The SMILES string of the molecule is CC1(C)OB(c2ccc(OC(F)F)cc2)OC1(C)C.Cc1c(-c2ccccn2)nc2cc(F)cc(F)c2c1Nc1cc(N2CCOCC2)cnc1-c1ccc(OC(F)F)cc1.Cc1c(-c2ccccn2)nc2cc(F)cc(F)c2c1Nc1cc(N2CCOCC2)cnc1Cl. The quantitative estimate of drug-likeness (QED) is 0.0600. The fraction of sp³-hybridized carbons (Fsp3) is 0.265. The van der Waals surface area contributed by atoms with Gasteiger partial charge in [0.25, 0.3) is 0 Å². The van der Waals surface area contributed by atoms with Crippen LogP contribution in [0.3, 0.4) is 0 Å². The Bertz CT molecular complexity index is 4300. The molecule has 26 heteroatoms. The molecule has 0 saturated carbocycles. The van der Waals surface area contributed by atoms with Gasteiger partial charge in [-0.2, -0.15) is 17.6 Å². The molecule has 0 radical (unpaired) electrons. The van der Waals surface area contributed by atoms with Crippen molar-refractivity contribution in [3.63, 3.8) is 0 Å². The Morgan fingerprint density at radius 3 is 1.41 bits per heavy atom. The van der Waals surface area contributed by atoms with Crippen LogP contribution >= 0.6 is 11.6 Å². The number of rotatable bonds is 14. The second-order valence-corrected chi connectivity index (χ2v) is 23.3. The van der Waals surface area contributed by atoms with Crippen LogP contribution in [0, 0.1) is 37.1 Å². The van der Waals surface area contributed by atoms with E-state index in [1.165, 1.54) is 36.4 Å². The van der Waals surface area contributed by atoms with E-state index in [0.29, 0.717) is 107 Å². The van der Waals surface area contributed by atoms with E-state index < -0.39 is 54.8 Å². The second kappa shape index (κ2) is 28.5. The normalized spacial score (nSPS) is 15.2. The third kappa shape index (κ3) is 15.0. The maximum Gasteiger partial charge on any atom is 0.494 e. The number of aromatic nitrogens is 6. The fourth-order valence-electron chi connectivity index (χ4n) is 10.8. The van der Waals surface area contributed by atoms with Crippen LogP contribution in [0.15, 0.2) is 146 Å². The largest absolute Gasteiger partial charge is 0.494 e. The van der Waals surface area contributed by atoms with Crippen molar-refractivity contribution < 1.29 is 63.4 Å². The number of nitrogens with zero attached hydrogens (tertiary/aromatic N) is 8. The Morgan fingerprint density at radius 1 is 0.532 bits per heavy atom. The van der Waals surface area contributed by atoms with Crippen LogP contribution in [0.2, 0.25) is 5.15 Å². The summed E-state index contributed by atoms with van der Waals surface area (Å²) in [6.07, 6.45) is 6.69. The molecular weight excluding hydrogens is 1250 g/mol. The van der Waals surface area contributed by atoms with Crippen molar-refractivity contribution in [2.24, 2.45) is 0 Å². The van der Waals surface area contributed by atoms with Gasteiger partial charge in [0.2, 0.25) is 0 Å². The molecule has 486 valence electrons. The van der Waals surface area contributed by atoms with Gasteiger partial charge >= 0.3 is 20.3 Å². The Kier molecular flexibility index (Phi) is 20.1. The second-order valence-electron chi connectivity index (χ2n) is 22.9. The monoisotopic (exact) mass is 1310 g/mol. The van der Waals surface area contributed by atoms with Crippen molar-refractivity contribution in [3.05, 3.63) is 186 Å². The van der Waals surface area contributed by atoms with Crippen LogP contribution in [0.5, 0.6) is 11.5 Å². The number of hydrogen-bond donors (Lipinski definition) is 2. The summed E-state index contributed by atoms with van der Waals surface area (Å²) in [5.74, 6) is -2.82. The molecule has 0 spiro atoms. The summed E-state index contributed by atoms with van der Waals surface area (Å²) in [4.78, 5) is 31.2. The van der Waals surface area contributed by atoms with Crippen LogP contribution < -0.4 is 35.4 Å². The van der Waals surface area contributed by atoms with E-state index in [1.807, 2.05) is 58.9 Å². The minimum atomic E-state index is -2.95. The van der Waals surface area contributed by atoms with Crippen molar-refractivity contribution in [1.29, 1.82) is 0 Å². The average molecular weight is 1310 g/mol. The Hall–Kier alpha value is -9.27. The molecule has 10 aromatic rings. The molecule has 0 amide bonds. The molecule has 16 nitrogen and oxygen atoms in total. The Labute approximate surface area is 541 Å². The van der Waals surface area contributed by atoms with Gasteiger partial charge in [-0.15, -0.1) is 0 Å². The highest BCUT2D eigenvalue weighted by Crippen LogP contribution is 2.42. The number of halogens is 9. The van der Waals surface area contributed by atoms with Crippen LogP contribution in [-0.4, -0.2) is 114 Å². The number of ether oxygens (including phenoxy) is 4. The number of anilines is 6. The van der Waals surface area contributed by atoms with Crippen molar-refractivity contribution in [1.82, 2.24) is 29.9 Å². The van der Waals surface area contributed by atoms with Crippen LogP contribution in [-0.2, 0) is 18.8 Å². The predicted octanol–water partition coefficient (Wildman–Crippen LogP) is 15.2. The van der Waals surface area contributed by atoms with Gasteiger partial charge in [-0.05, 0) is 120 Å². The molecule has 3 saturated heterocycles. The maximum absolute atomic E-state index is 15.4. The molecule has 0 bridgehead atoms. The smallest absolute Gasteiger partial charge is 0.435 e. The van der Waals surface area contributed by atoms with E-state index in [-0.39, 0.29) is 38.5 Å². The topological polar surface area (TPSA) is 163 Å². The number of alkyl halides is 4. The van der Waals surface area contributed by atoms with E-state index in [9.17, 15) is 30.7 Å². The van der Waals surface area contributed by atoms with Gasteiger partial charge in [0.05, 0.1) is 134 Å². The number of morpholine rings is 2. The number of fused-ring (bicyclic) bond motifs is 2. The van der Waals surface area contributed by atoms with Crippen molar-refractivity contribution in [2.45, 2.75) is 66.0 Å². The highest BCUT2D eigenvalue weighted by atomic mass is 35.5. The highest BCUT2D eigenvalue weighted by Gasteiger charge is 2.51. The summed E-state index contributed by atoms with van der Waals surface area (Å²) in [5.41, 5.74) is 8.21. The van der Waals surface area contributed by atoms with Gasteiger partial charge in [0, 0.05) is 79.5 Å². The third-order valence-corrected chi connectivity index (χ3v) is 16.6. The summed E-state index contributed by atoms with van der Waals surface area (Å²) in [7, 11) is -0.495. The van der Waals surface area contributed by atoms with Gasteiger partial charge in [0.15, 0.2) is 5.15 Å². The lowest BCUT2D eigenvalue weighted by atomic mass is 9.79. The zero-order valence-electron chi connectivity index (χ0n) is 51.7. The molecular formula is C68H62BClF8N10O6. The lowest BCUT2D eigenvalue weighted by molar-refractivity contribution is -0.0505. The van der Waals surface area contributed by atoms with Crippen molar-refractivity contribution in [3.8, 4) is 45.5 Å². The lowest BCUT2D eigenvalue weighted by Crippen LogP contribution is -2.41. The molecule has 3 aliphatic rings. The standard InChI is InChI=1S/C31H25F4N5O2.C24H20ClF2N5O.C13H17BF2O3/c1-18-28(24-4-2-3-9-36-24)38-25-15-20(32)14-23(33)27(25)29(18)39-26-16-21(40-10-12-41-13-11-40)17-37-30(26)19-5-7-22(8-6-19)42-31(34)35;1-14-22(18-4-2-3-5-28-18)30-19-11-15(26)10-17(27)21(19)23(14)31-20-12-16(13-29-24(20)25)32-6-8-33-9-7-32;1-12(2)13(3,4)19-14(18-12)9-5-7-10(8-6-9)17-11(15)16/h2-9,14-17,31H,10-13H2,1H3,(H,38,39);2-5,10-13H,6-9H2,1H3,(H,30,31);5-8,11H,1-4H3. The summed E-state index contributed by atoms with van der Waals surface area (Å²) in [6, 6.07) is 31.0. The number of nitrogens with one attached hydrogen (secondary N) is 2. The van der Waals surface area contributed by atoms with E-state index in [1.54, 1.807) is 80.2 Å². The Morgan fingerprint density at radius 2 is 0.968 bits per heavy atom. The minimum absolute atomic E-state index is 0.00766. The van der Waals surface area contributed by atoms with Gasteiger partial charge in [-0.25, -0.2) is 32.5 Å². The zero-order chi connectivity index (χ0) is 66.4. The third-order valence-electron chi connectivity index (χ3n) is 16.3. The molecule has 6 aromatic heterocycles. The molecule has 3 aliphatic heterocycles. The molecule has 13 rings (SSSR count). The molecule has 4 aromatic carbocycles. The molecule has 2 N–H and O–H groups in total. The average Bonchev–Trinajstić information content (AvgIpc) is 1.40. The first-order chi connectivity index (χ1) is 45.1. The van der Waals surface area contributed by atoms with Crippen molar-refractivity contribution >= 4 is 80.1 Å². The van der Waals surface area contributed by atoms with Gasteiger partial charge in [-0.3, -0.25) is 15.0 Å². The van der Waals surface area contributed by atoms with Gasteiger partial charge in [-0.1, -0.05) is 35.9 Å². The molecule has 0 unspecified atom stereocenters. The molecule has 9 heterocycles. The first kappa shape index (κ1) is 66.2. The van der Waals surface area contributed by atoms with E-state index >= 15 is 4.39 Å². The first-order valence-electron chi connectivity index (χ1n) is 29.8. The molecule has 0 aliphatic carbocycles. The van der Waals surface area contributed by atoms with E-state index in [2.05, 4.69) is 54.8 Å². The molecule has 3 fully saturated rings. The summed E-state index contributed by atoms with van der Waals surface area (Å²) in [5, 5.41) is 7.14. The van der Waals surface area contributed by atoms with Crippen LogP contribution in [0.1, 0.15) is 38.8 Å². The summed E-state index contributed by atoms with van der Waals surface area (Å²) >= 11 is 6.41. The lowest BCUT2D eigenvalue weighted by Gasteiger charge is -2.32. The number of benzene rings is 4. The fourth-order valence-corrected chi connectivity index (χ4v) is 10.9. The van der Waals surface area contributed by atoms with E-state index in [4.69, 9.17) is 35.4 Å². The molecule has 94 heavy (non-hydrogen) atoms. The zero-order valence-corrected chi connectivity index (χ0v) is 52.4. The van der Waals surface area contributed by atoms with Gasteiger partial charge < -0.3 is 48.7 Å². The van der Waals surface area contributed by atoms with E-state index in [0.717, 1.165) is 42.1 Å². The first-order valence-corrected chi connectivity index (χ1v) is 30.2. The summed E-state index contributed by atoms with van der Waals surface area (Å²) in [6.45, 7) is 10.9. The van der Waals surface area contributed by atoms with Gasteiger partial charge in [0.1, 0.15) is 34.8 Å². The maximum atomic E-state index is 15.4. The predicted molar refractivity (Wildman–Crippen MR) is 346 cm³/mol. The number of pyridine rings is 6. The number of hydrogen-bond acceptors (Lipinski definition) is 16. The van der Waals surface area contributed by atoms with Crippen LogP contribution in [0.25, 0.3) is 55.8 Å². The van der Waals surface area contributed by atoms with Crippen molar-refractivity contribution in [2.75, 3.05) is 73.0 Å². The van der Waals surface area contributed by atoms with Crippen LogP contribution in [0.4, 0.5) is 69.2 Å².